The van der Waals surface area contributed by atoms with Gasteiger partial charge in [-0.25, -0.2) is 0 Å². The van der Waals surface area contributed by atoms with Crippen LogP contribution in [0.2, 0.25) is 0 Å². The van der Waals surface area contributed by atoms with Crippen molar-refractivity contribution in [2.75, 3.05) is 13.2 Å². The molecule has 1 aliphatic rings. The van der Waals surface area contributed by atoms with Gasteiger partial charge in [-0.05, 0) is 32.3 Å². The number of nitrogens with one attached hydrogen (secondary N) is 1. The van der Waals surface area contributed by atoms with Crippen molar-refractivity contribution in [3.63, 3.8) is 0 Å². The van der Waals surface area contributed by atoms with Gasteiger partial charge in [0.2, 0.25) is 0 Å². The molecule has 0 spiro atoms. The minimum atomic E-state index is 0.411. The highest BCUT2D eigenvalue weighted by Gasteiger charge is 2.14. The Morgan fingerprint density at radius 2 is 2.50 bits per heavy atom. The molecular weight excluding hydrogens is 202 g/mol. The van der Waals surface area contributed by atoms with Crippen LogP contribution in [-0.2, 0) is 11.3 Å². The normalized spacial score (nSPS) is 23.2. The van der Waals surface area contributed by atoms with E-state index in [2.05, 4.69) is 17.3 Å². The number of rotatable bonds is 5. The molecule has 0 radical (unpaired) electrons. The molecule has 1 aromatic heterocycles. The van der Waals surface area contributed by atoms with E-state index in [4.69, 9.17) is 4.74 Å². The smallest absolute Gasteiger partial charge is 0.0699 e. The summed E-state index contributed by atoms with van der Waals surface area (Å²) in [6, 6.07) is 2.39. The average Bonchev–Trinajstić information content (AvgIpc) is 2.81. The Balaban J connectivity index is 1.65. The van der Waals surface area contributed by atoms with Crippen molar-refractivity contribution in [1.29, 1.82) is 0 Å². The third kappa shape index (κ3) is 3.61. The van der Waals surface area contributed by atoms with Gasteiger partial charge in [0, 0.05) is 31.6 Å². The molecule has 2 heterocycles. The van der Waals surface area contributed by atoms with Crippen LogP contribution in [0.1, 0.15) is 26.2 Å². The SMILES string of the molecule is C[C@@H](Cn1cccn1)NC[C@@H]1CCCCO1. The number of aromatic nitrogens is 2. The van der Waals surface area contributed by atoms with Gasteiger partial charge in [0.05, 0.1) is 12.6 Å². The Bertz CT molecular complexity index is 280. The molecule has 90 valence electrons. The highest BCUT2D eigenvalue weighted by molar-refractivity contribution is 4.79. The van der Waals surface area contributed by atoms with Gasteiger partial charge in [0.25, 0.3) is 0 Å². The molecule has 4 nitrogen and oxygen atoms in total. The summed E-state index contributed by atoms with van der Waals surface area (Å²) >= 11 is 0. The molecule has 2 rings (SSSR count). The van der Waals surface area contributed by atoms with Crippen molar-refractivity contribution in [3.8, 4) is 0 Å². The van der Waals surface area contributed by atoms with Gasteiger partial charge in [0.15, 0.2) is 0 Å². The van der Waals surface area contributed by atoms with E-state index in [0.717, 1.165) is 19.7 Å². The summed E-state index contributed by atoms with van der Waals surface area (Å²) in [4.78, 5) is 0. The second-order valence-electron chi connectivity index (χ2n) is 4.53. The molecule has 1 fully saturated rings. The van der Waals surface area contributed by atoms with E-state index in [-0.39, 0.29) is 0 Å². The van der Waals surface area contributed by atoms with Crippen molar-refractivity contribution in [2.45, 2.75) is 44.9 Å². The first-order valence-corrected chi connectivity index (χ1v) is 6.17. The molecule has 0 saturated carbocycles. The van der Waals surface area contributed by atoms with Gasteiger partial charge in [-0.15, -0.1) is 0 Å². The van der Waals surface area contributed by atoms with Crippen LogP contribution in [0.3, 0.4) is 0 Å². The molecule has 1 aromatic rings. The molecule has 0 amide bonds. The lowest BCUT2D eigenvalue weighted by molar-refractivity contribution is 0.0153. The third-order valence-electron chi connectivity index (χ3n) is 2.99. The van der Waals surface area contributed by atoms with Crippen LogP contribution in [0.5, 0.6) is 0 Å². The molecule has 0 bridgehead atoms. The molecule has 1 saturated heterocycles. The van der Waals surface area contributed by atoms with E-state index in [1.54, 1.807) is 0 Å². The van der Waals surface area contributed by atoms with Crippen LogP contribution in [0, 0.1) is 0 Å². The highest BCUT2D eigenvalue weighted by Crippen LogP contribution is 2.11. The molecule has 0 aliphatic carbocycles. The van der Waals surface area contributed by atoms with Crippen molar-refractivity contribution < 1.29 is 4.74 Å². The molecule has 1 N–H and O–H groups in total. The van der Waals surface area contributed by atoms with Crippen LogP contribution in [0.4, 0.5) is 0 Å². The van der Waals surface area contributed by atoms with Gasteiger partial charge in [-0.1, -0.05) is 0 Å². The standard InChI is InChI=1S/C12H21N3O/c1-11(10-15-7-4-6-14-15)13-9-12-5-2-3-8-16-12/h4,6-7,11-13H,2-3,5,8-10H2,1H3/t11-,12-/m0/s1. The zero-order chi connectivity index (χ0) is 11.2. The average molecular weight is 223 g/mol. The fourth-order valence-corrected chi connectivity index (χ4v) is 2.05. The first-order chi connectivity index (χ1) is 7.84. The minimum Gasteiger partial charge on any atom is -0.377 e. The number of nitrogens with zero attached hydrogens (tertiary/aromatic N) is 2. The van der Waals surface area contributed by atoms with Crippen molar-refractivity contribution >= 4 is 0 Å². The predicted octanol–water partition coefficient (Wildman–Crippen LogP) is 1.43. The van der Waals surface area contributed by atoms with Gasteiger partial charge in [0.1, 0.15) is 0 Å². The fourth-order valence-electron chi connectivity index (χ4n) is 2.05. The largest absolute Gasteiger partial charge is 0.377 e. The van der Waals surface area contributed by atoms with Crippen LogP contribution < -0.4 is 5.32 Å². The Morgan fingerprint density at radius 1 is 1.56 bits per heavy atom. The maximum absolute atomic E-state index is 5.68. The zero-order valence-corrected chi connectivity index (χ0v) is 9.93. The summed E-state index contributed by atoms with van der Waals surface area (Å²) in [7, 11) is 0. The number of hydrogen-bond donors (Lipinski definition) is 1. The summed E-state index contributed by atoms with van der Waals surface area (Å²) in [5, 5.41) is 7.70. The lowest BCUT2D eigenvalue weighted by Gasteiger charge is -2.24. The minimum absolute atomic E-state index is 0.411. The first-order valence-electron chi connectivity index (χ1n) is 6.17. The van der Waals surface area contributed by atoms with Crippen molar-refractivity contribution in [1.82, 2.24) is 15.1 Å². The van der Waals surface area contributed by atoms with Crippen LogP contribution in [0.15, 0.2) is 18.5 Å². The lowest BCUT2D eigenvalue weighted by Crippen LogP contribution is -2.38. The molecule has 0 aromatic carbocycles. The molecule has 2 atom stereocenters. The second kappa shape index (κ2) is 6.01. The van der Waals surface area contributed by atoms with E-state index in [9.17, 15) is 0 Å². The Hall–Kier alpha value is -0.870. The van der Waals surface area contributed by atoms with Crippen LogP contribution in [-0.4, -0.2) is 35.1 Å². The third-order valence-corrected chi connectivity index (χ3v) is 2.99. The van der Waals surface area contributed by atoms with Gasteiger partial charge >= 0.3 is 0 Å². The maximum atomic E-state index is 5.68. The number of hydrogen-bond acceptors (Lipinski definition) is 3. The summed E-state index contributed by atoms with van der Waals surface area (Å²) < 4.78 is 7.64. The summed E-state index contributed by atoms with van der Waals surface area (Å²) in [5.41, 5.74) is 0. The highest BCUT2D eigenvalue weighted by atomic mass is 16.5. The van der Waals surface area contributed by atoms with Gasteiger partial charge < -0.3 is 10.1 Å². The molecule has 1 aliphatic heterocycles. The zero-order valence-electron chi connectivity index (χ0n) is 9.93. The molecular formula is C12H21N3O. The summed E-state index contributed by atoms with van der Waals surface area (Å²) in [6.07, 6.45) is 7.95. The van der Waals surface area contributed by atoms with E-state index < -0.39 is 0 Å². The maximum Gasteiger partial charge on any atom is 0.0699 e. The summed E-state index contributed by atoms with van der Waals surface area (Å²) in [6.45, 7) is 4.99. The van der Waals surface area contributed by atoms with E-state index in [1.807, 2.05) is 23.1 Å². The van der Waals surface area contributed by atoms with Crippen molar-refractivity contribution in [2.24, 2.45) is 0 Å². The second-order valence-corrected chi connectivity index (χ2v) is 4.53. The van der Waals surface area contributed by atoms with Crippen LogP contribution in [0.25, 0.3) is 0 Å². The number of ether oxygens (including phenoxy) is 1. The van der Waals surface area contributed by atoms with Gasteiger partial charge in [-0.2, -0.15) is 5.10 Å². The van der Waals surface area contributed by atoms with Crippen molar-refractivity contribution in [3.05, 3.63) is 18.5 Å². The predicted molar refractivity (Wildman–Crippen MR) is 63.3 cm³/mol. The van der Waals surface area contributed by atoms with Crippen LogP contribution >= 0.6 is 0 Å². The monoisotopic (exact) mass is 223 g/mol. The van der Waals surface area contributed by atoms with E-state index in [1.165, 1.54) is 19.3 Å². The Morgan fingerprint density at radius 3 is 3.19 bits per heavy atom. The van der Waals surface area contributed by atoms with E-state index >= 15 is 0 Å². The molecule has 16 heavy (non-hydrogen) atoms. The first kappa shape index (κ1) is 11.6. The van der Waals surface area contributed by atoms with E-state index in [0.29, 0.717) is 12.1 Å². The topological polar surface area (TPSA) is 39.1 Å². The summed E-state index contributed by atoms with van der Waals surface area (Å²) in [5.74, 6) is 0. The Kier molecular flexibility index (Phi) is 4.36. The van der Waals surface area contributed by atoms with Gasteiger partial charge in [-0.3, -0.25) is 4.68 Å². The molecule has 4 heteroatoms. The lowest BCUT2D eigenvalue weighted by atomic mass is 10.1. The Labute approximate surface area is 97.0 Å². The molecule has 0 unspecified atom stereocenters. The quantitative estimate of drug-likeness (QED) is 0.820. The fraction of sp³-hybridized carbons (Fsp3) is 0.750.